The molecular weight excluding hydrogens is 388 g/mol. The molecule has 1 aromatic carbocycles. The summed E-state index contributed by atoms with van der Waals surface area (Å²) in [6.07, 6.45) is 10.4. The molecule has 1 aromatic rings. The number of alkyl halides is 2. The molecule has 0 bridgehead atoms. The predicted molar refractivity (Wildman–Crippen MR) is 134 cm³/mol. The lowest BCUT2D eigenvalue weighted by Gasteiger charge is -2.38. The number of benzene rings is 1. The van der Waals surface area contributed by atoms with Crippen molar-refractivity contribution in [2.45, 2.75) is 124 Å². The van der Waals surface area contributed by atoms with Crippen LogP contribution in [0.3, 0.4) is 0 Å². The fraction of sp³-hybridized carbons (Fsp3) is 0.714. The Balaban J connectivity index is 0.000000466. The number of hydrogen-bond acceptors (Lipinski definition) is 1. The van der Waals surface area contributed by atoms with E-state index in [2.05, 4.69) is 20.4 Å². The number of hydrogen-bond donors (Lipinski definition) is 1. The van der Waals surface area contributed by atoms with Crippen molar-refractivity contribution in [2.75, 3.05) is 0 Å². The Morgan fingerprint density at radius 2 is 1.48 bits per heavy atom. The molecule has 1 atom stereocenters. The van der Waals surface area contributed by atoms with Crippen LogP contribution in [0.1, 0.15) is 117 Å². The minimum absolute atomic E-state index is 0.535. The molecule has 1 fully saturated rings. The van der Waals surface area contributed by atoms with Gasteiger partial charge in [0.1, 0.15) is 11.3 Å². The highest BCUT2D eigenvalue weighted by Gasteiger charge is 2.31. The molecule has 1 aliphatic carbocycles. The highest BCUT2D eigenvalue weighted by atomic mass is 19.1. The van der Waals surface area contributed by atoms with Crippen LogP contribution in [0.4, 0.5) is 8.78 Å². The summed E-state index contributed by atoms with van der Waals surface area (Å²) in [6.45, 7) is 18.7. The monoisotopic (exact) mass is 437 g/mol. The van der Waals surface area contributed by atoms with Gasteiger partial charge < -0.3 is 5.73 Å². The molecule has 1 nitrogen and oxygen atoms in total. The molecule has 2 N–H and O–H groups in total. The molecule has 0 aromatic heterocycles. The van der Waals surface area contributed by atoms with Gasteiger partial charge in [-0.05, 0) is 78.2 Å². The number of halogens is 2. The third-order valence-corrected chi connectivity index (χ3v) is 6.46. The van der Waals surface area contributed by atoms with Gasteiger partial charge in [-0.2, -0.15) is 0 Å². The van der Waals surface area contributed by atoms with Gasteiger partial charge in [0.15, 0.2) is 0 Å². The molecule has 0 heterocycles. The summed E-state index contributed by atoms with van der Waals surface area (Å²) >= 11 is 0. The fourth-order valence-corrected chi connectivity index (χ4v) is 3.77. The van der Waals surface area contributed by atoms with Crippen molar-refractivity contribution in [2.24, 2.45) is 11.1 Å². The van der Waals surface area contributed by atoms with E-state index in [0.717, 1.165) is 11.1 Å². The van der Waals surface area contributed by atoms with Gasteiger partial charge >= 0.3 is 0 Å². The van der Waals surface area contributed by atoms with Crippen molar-refractivity contribution in [3.05, 3.63) is 47.5 Å². The SMILES string of the molecule is C=C(C)C1(CCC)CCCCC1.CCC(C)(C)F.Cc1ccc(C(N)C(C)(C)F)cc1. The summed E-state index contributed by atoms with van der Waals surface area (Å²) in [6, 6.07) is 7.10. The van der Waals surface area contributed by atoms with Crippen LogP contribution in [0.25, 0.3) is 0 Å². The van der Waals surface area contributed by atoms with Crippen LogP contribution in [-0.4, -0.2) is 11.3 Å². The van der Waals surface area contributed by atoms with Crippen molar-refractivity contribution >= 4 is 0 Å². The molecule has 0 amide bonds. The lowest BCUT2D eigenvalue weighted by atomic mass is 9.67. The van der Waals surface area contributed by atoms with Gasteiger partial charge in [-0.1, -0.05) is 81.5 Å². The van der Waals surface area contributed by atoms with Crippen LogP contribution in [0.2, 0.25) is 0 Å². The topological polar surface area (TPSA) is 26.0 Å². The van der Waals surface area contributed by atoms with Gasteiger partial charge in [0.05, 0.1) is 6.04 Å². The zero-order chi connectivity index (χ0) is 24.3. The standard InChI is InChI=1S/C12H22.C11H16FN.C5H11F/c1-4-8-12(11(2)3)9-6-5-7-10-12;1-8-4-6-9(7-5-8)10(13)11(2,3)12;1-4-5(2,3)6/h2,4-10H2,1,3H3;4-7,10H,13H2,1-3H3;4H2,1-3H3. The second kappa shape index (κ2) is 13.4. The first-order valence-electron chi connectivity index (χ1n) is 12.0. The maximum absolute atomic E-state index is 13.4. The summed E-state index contributed by atoms with van der Waals surface area (Å²) in [5.74, 6) is 0. The summed E-state index contributed by atoms with van der Waals surface area (Å²) in [4.78, 5) is 0. The number of aryl methyl sites for hydroxylation is 1. The van der Waals surface area contributed by atoms with E-state index in [1.807, 2.05) is 38.1 Å². The first-order valence-corrected chi connectivity index (χ1v) is 12.0. The van der Waals surface area contributed by atoms with Crippen molar-refractivity contribution in [3.63, 3.8) is 0 Å². The van der Waals surface area contributed by atoms with E-state index in [0.29, 0.717) is 11.8 Å². The largest absolute Gasteiger partial charge is 0.321 e. The highest BCUT2D eigenvalue weighted by molar-refractivity contribution is 5.25. The average Bonchev–Trinajstić information content (AvgIpc) is 2.68. The molecule has 1 aliphatic rings. The maximum atomic E-state index is 13.4. The minimum atomic E-state index is -1.37. The molecular formula is C28H49F2N. The zero-order valence-corrected chi connectivity index (χ0v) is 21.6. The van der Waals surface area contributed by atoms with Crippen LogP contribution >= 0.6 is 0 Å². The van der Waals surface area contributed by atoms with E-state index in [9.17, 15) is 8.78 Å². The van der Waals surface area contributed by atoms with Gasteiger partial charge in [-0.15, -0.1) is 0 Å². The fourth-order valence-electron chi connectivity index (χ4n) is 3.77. The third kappa shape index (κ3) is 11.8. The minimum Gasteiger partial charge on any atom is -0.321 e. The predicted octanol–water partition coefficient (Wildman–Crippen LogP) is 9.20. The molecule has 180 valence electrons. The normalized spacial score (nSPS) is 16.9. The van der Waals surface area contributed by atoms with Crippen LogP contribution < -0.4 is 5.73 Å². The second-order valence-corrected chi connectivity index (χ2v) is 10.4. The number of rotatable bonds is 6. The highest BCUT2D eigenvalue weighted by Crippen LogP contribution is 2.45. The van der Waals surface area contributed by atoms with E-state index in [1.165, 1.54) is 64.4 Å². The van der Waals surface area contributed by atoms with E-state index in [-0.39, 0.29) is 0 Å². The van der Waals surface area contributed by atoms with Crippen LogP contribution in [-0.2, 0) is 0 Å². The van der Waals surface area contributed by atoms with E-state index in [1.54, 1.807) is 13.8 Å². The van der Waals surface area contributed by atoms with Crippen LogP contribution in [0, 0.1) is 12.3 Å². The van der Waals surface area contributed by atoms with Crippen LogP contribution in [0.15, 0.2) is 36.4 Å². The maximum Gasteiger partial charge on any atom is 0.124 e. The molecule has 1 unspecified atom stereocenters. The zero-order valence-electron chi connectivity index (χ0n) is 21.6. The molecule has 31 heavy (non-hydrogen) atoms. The Bertz CT molecular complexity index is 608. The van der Waals surface area contributed by atoms with Crippen molar-refractivity contribution in [1.82, 2.24) is 0 Å². The smallest absolute Gasteiger partial charge is 0.124 e. The van der Waals surface area contributed by atoms with E-state index >= 15 is 0 Å². The Kier molecular flexibility index (Phi) is 12.8. The van der Waals surface area contributed by atoms with Gasteiger partial charge in [0, 0.05) is 0 Å². The number of allylic oxidation sites excluding steroid dienone is 1. The van der Waals surface area contributed by atoms with Gasteiger partial charge in [0.2, 0.25) is 0 Å². The summed E-state index contributed by atoms with van der Waals surface area (Å²) < 4.78 is 25.6. The average molecular weight is 438 g/mol. The Hall–Kier alpha value is -1.22. The molecule has 3 heteroatoms. The molecule has 0 aliphatic heterocycles. The van der Waals surface area contributed by atoms with Gasteiger partial charge in [-0.25, -0.2) is 8.78 Å². The van der Waals surface area contributed by atoms with Crippen LogP contribution in [0.5, 0.6) is 0 Å². The van der Waals surface area contributed by atoms with E-state index in [4.69, 9.17) is 5.73 Å². The molecule has 0 radical (unpaired) electrons. The van der Waals surface area contributed by atoms with Crippen molar-refractivity contribution in [1.29, 1.82) is 0 Å². The lowest BCUT2D eigenvalue weighted by Crippen LogP contribution is -2.30. The third-order valence-electron chi connectivity index (χ3n) is 6.46. The van der Waals surface area contributed by atoms with Crippen molar-refractivity contribution < 1.29 is 8.78 Å². The first kappa shape index (κ1) is 29.8. The molecule has 1 saturated carbocycles. The summed E-state index contributed by atoms with van der Waals surface area (Å²) in [5, 5.41) is 0. The summed E-state index contributed by atoms with van der Waals surface area (Å²) in [5.41, 5.74) is 7.40. The Morgan fingerprint density at radius 3 is 1.81 bits per heavy atom. The van der Waals surface area contributed by atoms with E-state index < -0.39 is 17.4 Å². The summed E-state index contributed by atoms with van der Waals surface area (Å²) in [7, 11) is 0. The number of nitrogens with two attached hydrogens (primary N) is 1. The first-order chi connectivity index (χ1) is 14.2. The van der Waals surface area contributed by atoms with Gasteiger partial charge in [-0.3, -0.25) is 0 Å². The van der Waals surface area contributed by atoms with Crippen molar-refractivity contribution in [3.8, 4) is 0 Å². The Morgan fingerprint density at radius 1 is 1.03 bits per heavy atom. The molecule has 0 spiro atoms. The quantitative estimate of drug-likeness (QED) is 0.441. The van der Waals surface area contributed by atoms with Gasteiger partial charge in [0.25, 0.3) is 0 Å². The second-order valence-electron chi connectivity index (χ2n) is 10.4. The molecule has 0 saturated heterocycles. The molecule has 2 rings (SSSR count). The lowest BCUT2D eigenvalue weighted by molar-refractivity contribution is 0.174. The Labute approximate surface area is 191 Å².